The van der Waals surface area contributed by atoms with Gasteiger partial charge in [0.05, 0.1) is 44.5 Å². The van der Waals surface area contributed by atoms with Gasteiger partial charge in [0.1, 0.15) is 0 Å². The topological polar surface area (TPSA) is 128 Å². The summed E-state index contributed by atoms with van der Waals surface area (Å²) < 4.78 is 0.373. The zero-order valence-electron chi connectivity index (χ0n) is 15.3. The molecule has 0 unspecified atom stereocenters. The number of nitro benzene ring substituents is 1. The molecule has 0 aliphatic heterocycles. The van der Waals surface area contributed by atoms with Crippen LogP contribution in [0, 0.1) is 21.4 Å². The Kier molecular flexibility index (Phi) is 7.12. The molecule has 0 saturated carbocycles. The number of azo groups is 1. The van der Waals surface area contributed by atoms with Gasteiger partial charge in [-0.05, 0) is 24.3 Å². The maximum Gasteiger partial charge on any atom is 0.298 e. The first-order valence-electron chi connectivity index (χ1n) is 8.62. The number of aliphatic hydroxyl groups is 1. The smallest absolute Gasteiger partial charge is 0.298 e. The Hall–Kier alpha value is -2.84. The molecule has 0 saturated heterocycles. The van der Waals surface area contributed by atoms with Crippen LogP contribution in [0.4, 0.5) is 22.2 Å². The maximum atomic E-state index is 11.2. The van der Waals surface area contributed by atoms with Crippen LogP contribution in [-0.2, 0) is 0 Å². The highest BCUT2D eigenvalue weighted by atomic mass is 35.5. The minimum absolute atomic E-state index is 0.0246. The maximum absolute atomic E-state index is 11.2. The number of thiazole rings is 1. The van der Waals surface area contributed by atoms with Gasteiger partial charge in [0.25, 0.3) is 5.69 Å². The number of nitrogens with zero attached hydrogens (tertiary/aromatic N) is 6. The lowest BCUT2D eigenvalue weighted by atomic mass is 10.2. The quantitative estimate of drug-likeness (QED) is 0.261. The molecular weight excluding hydrogens is 451 g/mol. The van der Waals surface area contributed by atoms with Crippen LogP contribution < -0.4 is 4.90 Å². The summed E-state index contributed by atoms with van der Waals surface area (Å²) in [7, 11) is 0. The fourth-order valence-corrected chi connectivity index (χ4v) is 4.04. The van der Waals surface area contributed by atoms with E-state index in [0.29, 0.717) is 29.9 Å². The number of non-ortho nitro benzene ring substituents is 1. The molecule has 154 valence electrons. The molecule has 1 heterocycles. The van der Waals surface area contributed by atoms with Crippen molar-refractivity contribution >= 4 is 66.9 Å². The fraction of sp³-hybridized carbons (Fsp3) is 0.222. The normalized spacial score (nSPS) is 11.1. The van der Waals surface area contributed by atoms with E-state index < -0.39 is 4.92 Å². The van der Waals surface area contributed by atoms with Crippen molar-refractivity contribution in [1.29, 1.82) is 5.26 Å². The molecule has 1 aromatic heterocycles. The van der Waals surface area contributed by atoms with Gasteiger partial charge >= 0.3 is 0 Å². The molecule has 0 fully saturated rings. The highest BCUT2D eigenvalue weighted by Crippen LogP contribution is 2.42. The lowest BCUT2D eigenvalue weighted by Gasteiger charge is -2.22. The number of hydrogen-bond acceptors (Lipinski definition) is 9. The van der Waals surface area contributed by atoms with Gasteiger partial charge in [-0.1, -0.05) is 34.5 Å². The van der Waals surface area contributed by atoms with E-state index in [-0.39, 0.29) is 33.0 Å². The van der Waals surface area contributed by atoms with E-state index in [9.17, 15) is 15.2 Å². The predicted molar refractivity (Wildman–Crippen MR) is 116 cm³/mol. The van der Waals surface area contributed by atoms with Gasteiger partial charge < -0.3 is 10.0 Å². The molecule has 2 aromatic carbocycles. The van der Waals surface area contributed by atoms with Gasteiger partial charge in [0.2, 0.25) is 5.13 Å². The van der Waals surface area contributed by atoms with Crippen molar-refractivity contribution < 1.29 is 10.0 Å². The van der Waals surface area contributed by atoms with E-state index in [1.807, 2.05) is 4.90 Å². The van der Waals surface area contributed by atoms with Gasteiger partial charge in [-0.3, -0.25) is 10.1 Å². The Balaban J connectivity index is 1.84. The van der Waals surface area contributed by atoms with E-state index in [0.717, 1.165) is 23.1 Å². The number of aliphatic hydroxyl groups excluding tert-OH is 1. The van der Waals surface area contributed by atoms with Crippen LogP contribution in [0.2, 0.25) is 10.0 Å². The van der Waals surface area contributed by atoms with E-state index in [1.165, 1.54) is 0 Å². The largest absolute Gasteiger partial charge is 0.395 e. The van der Waals surface area contributed by atoms with Gasteiger partial charge in [-0.2, -0.15) is 5.26 Å². The first-order valence-corrected chi connectivity index (χ1v) is 10.2. The number of benzene rings is 2. The lowest BCUT2D eigenvalue weighted by Crippen LogP contribution is -2.27. The van der Waals surface area contributed by atoms with Crippen molar-refractivity contribution in [3.8, 4) is 6.07 Å². The minimum Gasteiger partial charge on any atom is -0.395 e. The highest BCUT2D eigenvalue weighted by Gasteiger charge is 2.22. The summed E-state index contributed by atoms with van der Waals surface area (Å²) >= 11 is 13.2. The zero-order chi connectivity index (χ0) is 21.7. The molecular formula is C18H14Cl2N6O3S. The molecule has 3 aromatic rings. The van der Waals surface area contributed by atoms with E-state index in [2.05, 4.69) is 21.3 Å². The summed E-state index contributed by atoms with van der Waals surface area (Å²) in [6.45, 7) is 0.894. The standard InChI is InChI=1S/C18H14Cl2N6O3S/c19-13-10-14(26(28)29)16-17(15(13)20)30-18(22-16)24-23-11-2-4-12(5-3-11)25(8-9-27)7-1-6-21/h2-5,10,27H,1,7-9H2. The molecule has 0 amide bonds. The number of halogens is 2. The number of nitriles is 1. The zero-order valence-corrected chi connectivity index (χ0v) is 17.7. The van der Waals surface area contributed by atoms with Gasteiger partial charge in [-0.15, -0.1) is 10.2 Å². The molecule has 0 radical (unpaired) electrons. The molecule has 9 nitrogen and oxygen atoms in total. The average molecular weight is 465 g/mol. The number of nitro groups is 1. The number of rotatable bonds is 8. The van der Waals surface area contributed by atoms with Crippen LogP contribution in [0.1, 0.15) is 6.42 Å². The molecule has 0 aliphatic rings. The number of anilines is 1. The first-order chi connectivity index (χ1) is 14.4. The summed E-state index contributed by atoms with van der Waals surface area (Å²) in [5, 5.41) is 37.8. The molecule has 0 bridgehead atoms. The van der Waals surface area contributed by atoms with E-state index in [4.69, 9.17) is 28.5 Å². The minimum atomic E-state index is -0.575. The second kappa shape index (κ2) is 9.77. The molecule has 0 spiro atoms. The Bertz CT molecular complexity index is 1140. The van der Waals surface area contributed by atoms with Gasteiger partial charge in [0.15, 0.2) is 5.52 Å². The summed E-state index contributed by atoms with van der Waals surface area (Å²) in [6, 6.07) is 10.3. The van der Waals surface area contributed by atoms with Crippen LogP contribution in [0.5, 0.6) is 0 Å². The molecule has 12 heteroatoms. The van der Waals surface area contributed by atoms with Crippen LogP contribution in [0.25, 0.3) is 10.2 Å². The van der Waals surface area contributed by atoms with Crippen molar-refractivity contribution in [1.82, 2.24) is 4.98 Å². The van der Waals surface area contributed by atoms with E-state index in [1.54, 1.807) is 24.3 Å². The van der Waals surface area contributed by atoms with Crippen molar-refractivity contribution in [2.75, 3.05) is 24.6 Å². The molecule has 1 N–H and O–H groups in total. The van der Waals surface area contributed by atoms with Crippen LogP contribution in [-0.4, -0.2) is 34.7 Å². The SMILES string of the molecule is N#CCCN(CCO)c1ccc(N=Nc2nc3c([N+](=O)[O-])cc(Cl)c(Cl)c3s2)cc1. The third-order valence-corrected chi connectivity index (χ3v) is 5.91. The number of hydrogen-bond donors (Lipinski definition) is 1. The van der Waals surface area contributed by atoms with Crippen molar-refractivity contribution in [3.63, 3.8) is 0 Å². The Labute approximate surface area is 185 Å². The number of fused-ring (bicyclic) bond motifs is 1. The van der Waals surface area contributed by atoms with Crippen LogP contribution in [0.3, 0.4) is 0 Å². The second-order valence-corrected chi connectivity index (χ2v) is 7.72. The Morgan fingerprint density at radius 3 is 2.63 bits per heavy atom. The summed E-state index contributed by atoms with van der Waals surface area (Å²) in [4.78, 5) is 16.7. The van der Waals surface area contributed by atoms with Gasteiger partial charge in [-0.25, -0.2) is 4.98 Å². The molecule has 0 atom stereocenters. The predicted octanol–water partition coefficient (Wildman–Crippen LogP) is 5.64. The molecule has 30 heavy (non-hydrogen) atoms. The van der Waals surface area contributed by atoms with Crippen LogP contribution in [0.15, 0.2) is 40.6 Å². The van der Waals surface area contributed by atoms with Crippen LogP contribution >= 0.6 is 34.5 Å². The number of aromatic nitrogens is 1. The Morgan fingerprint density at radius 1 is 1.27 bits per heavy atom. The monoisotopic (exact) mass is 464 g/mol. The second-order valence-electron chi connectivity index (χ2n) is 5.96. The van der Waals surface area contributed by atoms with Crippen molar-refractivity contribution in [3.05, 3.63) is 50.5 Å². The third kappa shape index (κ3) is 4.83. The van der Waals surface area contributed by atoms with Crippen molar-refractivity contribution in [2.45, 2.75) is 6.42 Å². The summed E-state index contributed by atoms with van der Waals surface area (Å²) in [5.74, 6) is 0. The average Bonchev–Trinajstić information content (AvgIpc) is 3.17. The fourth-order valence-electron chi connectivity index (χ4n) is 2.68. The van der Waals surface area contributed by atoms with Crippen molar-refractivity contribution in [2.24, 2.45) is 10.2 Å². The molecule has 0 aliphatic carbocycles. The Morgan fingerprint density at radius 2 is 2.00 bits per heavy atom. The summed E-state index contributed by atoms with van der Waals surface area (Å²) in [6.07, 6.45) is 0.345. The highest BCUT2D eigenvalue weighted by molar-refractivity contribution is 7.22. The first kappa shape index (κ1) is 21.9. The summed E-state index contributed by atoms with van der Waals surface area (Å²) in [5.41, 5.74) is 1.25. The molecule has 3 rings (SSSR count). The lowest BCUT2D eigenvalue weighted by molar-refractivity contribution is -0.383. The third-order valence-electron chi connectivity index (χ3n) is 4.06. The van der Waals surface area contributed by atoms with E-state index >= 15 is 0 Å². The van der Waals surface area contributed by atoms with Gasteiger partial charge in [0, 0.05) is 24.8 Å².